The second-order valence-corrected chi connectivity index (χ2v) is 5.83. The van der Waals surface area contributed by atoms with Crippen LogP contribution in [0.15, 0.2) is 0 Å². The molecule has 0 aromatic carbocycles. The number of ether oxygens (including phenoxy) is 1. The summed E-state index contributed by atoms with van der Waals surface area (Å²) >= 11 is 0. The molecule has 2 rings (SSSR count). The predicted molar refractivity (Wildman–Crippen MR) is 72.6 cm³/mol. The lowest BCUT2D eigenvalue weighted by atomic mass is 9.86. The van der Waals surface area contributed by atoms with Gasteiger partial charge in [0.25, 0.3) is 0 Å². The Kier molecular flexibility index (Phi) is 5.23. The standard InChI is InChI=1S/C15H25NO3/c1-19-15(18)13-9-5-6-10-16(13)14(17)11-12-7-3-2-4-8-12/h12-13H,2-11H2,1H3/t13-/m1/s1. The molecule has 1 heterocycles. The lowest BCUT2D eigenvalue weighted by Crippen LogP contribution is -2.48. The maximum atomic E-state index is 12.4. The molecule has 0 aromatic rings. The van der Waals surface area contributed by atoms with E-state index in [9.17, 15) is 9.59 Å². The van der Waals surface area contributed by atoms with Crippen molar-refractivity contribution >= 4 is 11.9 Å². The molecule has 4 heteroatoms. The minimum absolute atomic E-state index is 0.155. The molecule has 108 valence electrons. The van der Waals surface area contributed by atoms with E-state index < -0.39 is 0 Å². The summed E-state index contributed by atoms with van der Waals surface area (Å²) in [5.74, 6) is 0.431. The third kappa shape index (κ3) is 3.71. The SMILES string of the molecule is COC(=O)[C@H]1CCCCN1C(=O)CC1CCCCC1. The van der Waals surface area contributed by atoms with Crippen LogP contribution in [0.3, 0.4) is 0 Å². The average molecular weight is 267 g/mol. The van der Waals surface area contributed by atoms with Gasteiger partial charge in [-0.25, -0.2) is 4.79 Å². The van der Waals surface area contributed by atoms with Crippen molar-refractivity contribution in [2.75, 3.05) is 13.7 Å². The van der Waals surface area contributed by atoms with Gasteiger partial charge in [-0.15, -0.1) is 0 Å². The van der Waals surface area contributed by atoms with Crippen molar-refractivity contribution < 1.29 is 14.3 Å². The molecule has 1 aliphatic carbocycles. The molecule has 1 aliphatic heterocycles. The molecule has 0 radical (unpaired) electrons. The number of nitrogens with zero attached hydrogens (tertiary/aromatic N) is 1. The Hall–Kier alpha value is -1.06. The van der Waals surface area contributed by atoms with E-state index in [-0.39, 0.29) is 17.9 Å². The van der Waals surface area contributed by atoms with Crippen LogP contribution < -0.4 is 0 Å². The van der Waals surface area contributed by atoms with Gasteiger partial charge in [0.15, 0.2) is 0 Å². The van der Waals surface area contributed by atoms with Crippen molar-refractivity contribution in [1.29, 1.82) is 0 Å². The summed E-state index contributed by atoms with van der Waals surface area (Å²) in [5, 5.41) is 0. The highest BCUT2D eigenvalue weighted by atomic mass is 16.5. The van der Waals surface area contributed by atoms with Crippen LogP contribution in [0, 0.1) is 5.92 Å². The fourth-order valence-electron chi connectivity index (χ4n) is 3.37. The Morgan fingerprint density at radius 2 is 1.74 bits per heavy atom. The Labute approximate surface area is 115 Å². The molecule has 0 bridgehead atoms. The number of piperidine rings is 1. The number of carbonyl (C=O) groups excluding carboxylic acids is 2. The zero-order valence-electron chi connectivity index (χ0n) is 11.9. The number of hydrogen-bond donors (Lipinski definition) is 0. The normalized spacial score (nSPS) is 25.1. The fraction of sp³-hybridized carbons (Fsp3) is 0.867. The van der Waals surface area contributed by atoms with Crippen molar-refractivity contribution in [3.8, 4) is 0 Å². The molecule has 1 saturated heterocycles. The first-order valence-electron chi connectivity index (χ1n) is 7.59. The molecule has 1 amide bonds. The van der Waals surface area contributed by atoms with E-state index in [1.54, 1.807) is 4.90 Å². The molecule has 19 heavy (non-hydrogen) atoms. The number of amides is 1. The van der Waals surface area contributed by atoms with E-state index in [0.29, 0.717) is 18.9 Å². The van der Waals surface area contributed by atoms with Gasteiger partial charge in [-0.05, 0) is 38.0 Å². The van der Waals surface area contributed by atoms with Crippen LogP contribution in [0.1, 0.15) is 57.8 Å². The highest BCUT2D eigenvalue weighted by Crippen LogP contribution is 2.28. The molecule has 4 nitrogen and oxygen atoms in total. The zero-order valence-corrected chi connectivity index (χ0v) is 11.9. The van der Waals surface area contributed by atoms with E-state index in [2.05, 4.69) is 0 Å². The van der Waals surface area contributed by atoms with Crippen LogP contribution in [0.5, 0.6) is 0 Å². The number of methoxy groups -OCH3 is 1. The first-order chi connectivity index (χ1) is 9.22. The smallest absolute Gasteiger partial charge is 0.328 e. The maximum absolute atomic E-state index is 12.4. The van der Waals surface area contributed by atoms with Gasteiger partial charge in [0.1, 0.15) is 6.04 Å². The van der Waals surface area contributed by atoms with Crippen molar-refractivity contribution in [1.82, 2.24) is 4.90 Å². The molecule has 2 aliphatic rings. The minimum Gasteiger partial charge on any atom is -0.467 e. The average Bonchev–Trinajstić information content (AvgIpc) is 2.47. The lowest BCUT2D eigenvalue weighted by Gasteiger charge is -2.35. The summed E-state index contributed by atoms with van der Waals surface area (Å²) in [7, 11) is 1.40. The summed E-state index contributed by atoms with van der Waals surface area (Å²) in [6.07, 6.45) is 9.52. The Balaban J connectivity index is 1.92. The third-order valence-corrected chi connectivity index (χ3v) is 4.48. The molecule has 2 fully saturated rings. The van der Waals surface area contributed by atoms with Gasteiger partial charge in [0.05, 0.1) is 7.11 Å². The minimum atomic E-state index is -0.338. The first kappa shape index (κ1) is 14.4. The van der Waals surface area contributed by atoms with Crippen molar-refractivity contribution in [3.63, 3.8) is 0 Å². The maximum Gasteiger partial charge on any atom is 0.328 e. The predicted octanol–water partition coefficient (Wildman–Crippen LogP) is 2.51. The molecule has 1 atom stereocenters. The van der Waals surface area contributed by atoms with Crippen LogP contribution in [-0.4, -0.2) is 36.5 Å². The quantitative estimate of drug-likeness (QED) is 0.738. The number of likely N-dealkylation sites (tertiary alicyclic amines) is 1. The van der Waals surface area contributed by atoms with Crippen molar-refractivity contribution in [2.24, 2.45) is 5.92 Å². The second kappa shape index (κ2) is 6.92. The molecule has 0 N–H and O–H groups in total. The summed E-state index contributed by atoms with van der Waals surface area (Å²) < 4.78 is 4.83. The van der Waals surface area contributed by atoms with E-state index in [0.717, 1.165) is 19.3 Å². The number of esters is 1. The number of carbonyl (C=O) groups is 2. The fourth-order valence-corrected chi connectivity index (χ4v) is 3.37. The van der Waals surface area contributed by atoms with E-state index in [4.69, 9.17) is 4.74 Å². The topological polar surface area (TPSA) is 46.6 Å². The monoisotopic (exact) mass is 267 g/mol. The Morgan fingerprint density at radius 1 is 1.05 bits per heavy atom. The molecular weight excluding hydrogens is 242 g/mol. The van der Waals surface area contributed by atoms with Crippen LogP contribution in [0.2, 0.25) is 0 Å². The summed E-state index contributed by atoms with van der Waals surface area (Å²) in [6.45, 7) is 0.714. The number of hydrogen-bond acceptors (Lipinski definition) is 3. The van der Waals surface area contributed by atoms with Gasteiger partial charge in [-0.2, -0.15) is 0 Å². The van der Waals surface area contributed by atoms with Gasteiger partial charge < -0.3 is 9.64 Å². The molecule has 0 unspecified atom stereocenters. The van der Waals surface area contributed by atoms with Gasteiger partial charge in [-0.1, -0.05) is 19.3 Å². The van der Waals surface area contributed by atoms with Crippen LogP contribution >= 0.6 is 0 Å². The van der Waals surface area contributed by atoms with E-state index in [1.807, 2.05) is 0 Å². The largest absolute Gasteiger partial charge is 0.467 e. The van der Waals surface area contributed by atoms with Crippen molar-refractivity contribution in [2.45, 2.75) is 63.8 Å². The van der Waals surface area contributed by atoms with E-state index in [1.165, 1.54) is 39.2 Å². The van der Waals surface area contributed by atoms with Gasteiger partial charge in [0.2, 0.25) is 5.91 Å². The zero-order chi connectivity index (χ0) is 13.7. The van der Waals surface area contributed by atoms with Gasteiger partial charge in [0, 0.05) is 13.0 Å². The Bertz CT molecular complexity index is 323. The van der Waals surface area contributed by atoms with Crippen LogP contribution in [-0.2, 0) is 14.3 Å². The highest BCUT2D eigenvalue weighted by Gasteiger charge is 2.33. The molecular formula is C15H25NO3. The lowest BCUT2D eigenvalue weighted by molar-refractivity contribution is -0.155. The van der Waals surface area contributed by atoms with Crippen molar-refractivity contribution in [3.05, 3.63) is 0 Å². The van der Waals surface area contributed by atoms with E-state index >= 15 is 0 Å². The first-order valence-corrected chi connectivity index (χ1v) is 7.59. The van der Waals surface area contributed by atoms with Gasteiger partial charge in [-0.3, -0.25) is 4.79 Å². The molecule has 1 saturated carbocycles. The third-order valence-electron chi connectivity index (χ3n) is 4.48. The van der Waals surface area contributed by atoms with Crippen LogP contribution in [0.25, 0.3) is 0 Å². The van der Waals surface area contributed by atoms with Gasteiger partial charge >= 0.3 is 5.97 Å². The van der Waals surface area contributed by atoms with Crippen LogP contribution in [0.4, 0.5) is 0 Å². The Morgan fingerprint density at radius 3 is 2.42 bits per heavy atom. The number of rotatable bonds is 3. The summed E-state index contributed by atoms with van der Waals surface area (Å²) in [6, 6.07) is -0.338. The molecule has 0 aromatic heterocycles. The summed E-state index contributed by atoms with van der Waals surface area (Å²) in [4.78, 5) is 25.9. The molecule has 0 spiro atoms. The second-order valence-electron chi connectivity index (χ2n) is 5.83. The highest BCUT2D eigenvalue weighted by molar-refractivity contribution is 5.84. The summed E-state index contributed by atoms with van der Waals surface area (Å²) in [5.41, 5.74) is 0.